The van der Waals surface area contributed by atoms with Crippen LogP contribution in [0.4, 0.5) is 11.4 Å². The molecule has 1 amide bonds. The third-order valence-corrected chi connectivity index (χ3v) is 3.71. The van der Waals surface area contributed by atoms with Crippen LogP contribution in [0.1, 0.15) is 30.1 Å². The Balaban J connectivity index is 0.00000242. The summed E-state index contributed by atoms with van der Waals surface area (Å²) in [7, 11) is 0. The Labute approximate surface area is 135 Å². The van der Waals surface area contributed by atoms with E-state index in [-0.39, 0.29) is 41.3 Å². The molecule has 1 fully saturated rings. The minimum absolute atomic E-state index is 0. The first-order valence-electron chi connectivity index (χ1n) is 7.10. The Hall–Kier alpha value is -1.86. The molecule has 1 aromatic carbocycles. The van der Waals surface area contributed by atoms with Crippen LogP contribution in [-0.2, 0) is 0 Å². The molecule has 3 N–H and O–H groups in total. The van der Waals surface area contributed by atoms with Crippen molar-refractivity contribution in [3.8, 4) is 0 Å². The predicted molar refractivity (Wildman–Crippen MR) is 87.4 cm³/mol. The molecule has 0 bridgehead atoms. The van der Waals surface area contributed by atoms with Crippen molar-refractivity contribution < 1.29 is 9.72 Å². The van der Waals surface area contributed by atoms with Crippen LogP contribution in [0.5, 0.6) is 0 Å². The second-order valence-electron chi connectivity index (χ2n) is 5.17. The summed E-state index contributed by atoms with van der Waals surface area (Å²) in [5.41, 5.74) is 6.21. The first-order valence-corrected chi connectivity index (χ1v) is 7.10. The molecule has 1 unspecified atom stereocenters. The number of hydrogen-bond donors (Lipinski definition) is 2. The molecule has 1 saturated heterocycles. The Morgan fingerprint density at radius 3 is 2.91 bits per heavy atom. The molecule has 0 radical (unpaired) electrons. The summed E-state index contributed by atoms with van der Waals surface area (Å²) in [6.45, 7) is 4.12. The van der Waals surface area contributed by atoms with Gasteiger partial charge in [-0.25, -0.2) is 0 Å². The molecular formula is C14H21ClN4O3. The Kier molecular flexibility index (Phi) is 6.58. The number of nitrogens with zero attached hydrogens (tertiary/aromatic N) is 2. The van der Waals surface area contributed by atoms with Crippen LogP contribution < -0.4 is 11.1 Å². The molecule has 122 valence electrons. The van der Waals surface area contributed by atoms with Crippen LogP contribution in [0.15, 0.2) is 18.2 Å². The van der Waals surface area contributed by atoms with Crippen molar-refractivity contribution in [2.45, 2.75) is 25.8 Å². The summed E-state index contributed by atoms with van der Waals surface area (Å²) in [5, 5.41) is 14.1. The quantitative estimate of drug-likeness (QED) is 0.498. The minimum Gasteiger partial charge on any atom is -0.398 e. The van der Waals surface area contributed by atoms with Crippen LogP contribution in [0.2, 0.25) is 0 Å². The Morgan fingerprint density at radius 2 is 2.27 bits per heavy atom. The first-order chi connectivity index (χ1) is 10.0. The van der Waals surface area contributed by atoms with Gasteiger partial charge in [0.15, 0.2) is 0 Å². The van der Waals surface area contributed by atoms with E-state index in [0.29, 0.717) is 6.54 Å². The van der Waals surface area contributed by atoms with Crippen molar-refractivity contribution in [1.29, 1.82) is 0 Å². The number of amides is 1. The van der Waals surface area contributed by atoms with Gasteiger partial charge in [-0.15, -0.1) is 12.4 Å². The molecule has 0 saturated carbocycles. The van der Waals surface area contributed by atoms with E-state index < -0.39 is 4.92 Å². The van der Waals surface area contributed by atoms with Gasteiger partial charge in [-0.05, 0) is 12.5 Å². The monoisotopic (exact) mass is 328 g/mol. The molecule has 0 aromatic heterocycles. The highest BCUT2D eigenvalue weighted by Gasteiger charge is 2.28. The van der Waals surface area contributed by atoms with Gasteiger partial charge in [0.2, 0.25) is 0 Å². The number of piperazine rings is 1. The number of carbonyl (C=O) groups is 1. The largest absolute Gasteiger partial charge is 0.398 e. The van der Waals surface area contributed by atoms with Crippen molar-refractivity contribution in [2.75, 3.05) is 25.4 Å². The first kappa shape index (κ1) is 18.2. The second-order valence-corrected chi connectivity index (χ2v) is 5.17. The number of benzene rings is 1. The normalized spacial score (nSPS) is 17.7. The summed E-state index contributed by atoms with van der Waals surface area (Å²) in [6.07, 6.45) is 1.87. The number of nitro benzene ring substituents is 1. The van der Waals surface area contributed by atoms with Crippen LogP contribution in [-0.4, -0.2) is 41.4 Å². The van der Waals surface area contributed by atoms with Crippen molar-refractivity contribution in [3.05, 3.63) is 33.9 Å². The highest BCUT2D eigenvalue weighted by atomic mass is 35.5. The molecule has 1 heterocycles. The van der Waals surface area contributed by atoms with Gasteiger partial charge in [0.05, 0.1) is 10.5 Å². The molecule has 1 aliphatic rings. The van der Waals surface area contributed by atoms with Gasteiger partial charge < -0.3 is 16.0 Å². The number of nitro groups is 1. The summed E-state index contributed by atoms with van der Waals surface area (Å²) in [4.78, 5) is 24.8. The lowest BCUT2D eigenvalue weighted by Crippen LogP contribution is -2.53. The van der Waals surface area contributed by atoms with E-state index in [9.17, 15) is 14.9 Å². The van der Waals surface area contributed by atoms with Gasteiger partial charge in [0.1, 0.15) is 0 Å². The fourth-order valence-corrected chi connectivity index (χ4v) is 2.62. The lowest BCUT2D eigenvalue weighted by Gasteiger charge is -2.36. The van der Waals surface area contributed by atoms with Crippen LogP contribution >= 0.6 is 12.4 Å². The van der Waals surface area contributed by atoms with Crippen molar-refractivity contribution in [1.82, 2.24) is 10.2 Å². The van der Waals surface area contributed by atoms with Crippen molar-refractivity contribution in [3.63, 3.8) is 0 Å². The van der Waals surface area contributed by atoms with Gasteiger partial charge in [-0.3, -0.25) is 14.9 Å². The standard InChI is InChI=1S/C14H20N4O3.ClH/c1-2-3-11-9-16-6-7-17(11)14(19)12-8-10(18(20)21)4-5-13(12)15;/h4-5,8,11,16H,2-3,6-7,9,15H2,1H3;1H. The van der Waals surface area contributed by atoms with Crippen LogP contribution in [0.25, 0.3) is 0 Å². The molecule has 0 aliphatic carbocycles. The third-order valence-electron chi connectivity index (χ3n) is 3.71. The number of nitrogen functional groups attached to an aromatic ring is 1. The maximum atomic E-state index is 12.7. The maximum absolute atomic E-state index is 12.7. The molecule has 2 rings (SSSR count). The van der Waals surface area contributed by atoms with Gasteiger partial charge in [-0.1, -0.05) is 13.3 Å². The lowest BCUT2D eigenvalue weighted by molar-refractivity contribution is -0.384. The summed E-state index contributed by atoms with van der Waals surface area (Å²) in [5.74, 6) is -0.226. The number of rotatable bonds is 4. The van der Waals surface area contributed by atoms with Gasteiger partial charge in [0.25, 0.3) is 11.6 Å². The van der Waals surface area contributed by atoms with Gasteiger partial charge >= 0.3 is 0 Å². The van der Waals surface area contributed by atoms with E-state index >= 15 is 0 Å². The SMILES string of the molecule is CCCC1CNCCN1C(=O)c1cc([N+](=O)[O-])ccc1N.Cl. The van der Waals surface area contributed by atoms with E-state index in [1.54, 1.807) is 4.90 Å². The minimum atomic E-state index is -0.516. The smallest absolute Gasteiger partial charge is 0.270 e. The van der Waals surface area contributed by atoms with Gasteiger partial charge in [-0.2, -0.15) is 0 Å². The number of halogens is 1. The average molecular weight is 329 g/mol. The number of carbonyl (C=O) groups excluding carboxylic acids is 1. The highest BCUT2D eigenvalue weighted by molar-refractivity contribution is 6.00. The number of non-ortho nitro benzene ring substituents is 1. The number of nitrogens with two attached hydrogens (primary N) is 1. The van der Waals surface area contributed by atoms with Crippen LogP contribution in [0, 0.1) is 10.1 Å². The maximum Gasteiger partial charge on any atom is 0.270 e. The molecule has 7 nitrogen and oxygen atoms in total. The fraction of sp³-hybridized carbons (Fsp3) is 0.500. The van der Waals surface area contributed by atoms with Gasteiger partial charge in [0, 0.05) is 43.5 Å². The zero-order chi connectivity index (χ0) is 15.4. The summed E-state index contributed by atoms with van der Waals surface area (Å²) < 4.78 is 0. The number of hydrogen-bond acceptors (Lipinski definition) is 5. The van der Waals surface area contributed by atoms with Crippen molar-refractivity contribution >= 4 is 29.7 Å². The van der Waals surface area contributed by atoms with E-state index in [1.165, 1.54) is 18.2 Å². The van der Waals surface area contributed by atoms with Crippen molar-refractivity contribution in [2.24, 2.45) is 0 Å². The third kappa shape index (κ3) is 3.86. The average Bonchev–Trinajstić information content (AvgIpc) is 2.47. The molecular weight excluding hydrogens is 308 g/mol. The molecule has 8 heteroatoms. The van der Waals surface area contributed by atoms with E-state index in [2.05, 4.69) is 12.2 Å². The molecule has 0 spiro atoms. The number of nitrogens with one attached hydrogen (secondary N) is 1. The van der Waals surface area contributed by atoms with E-state index in [4.69, 9.17) is 5.73 Å². The second kappa shape index (κ2) is 7.95. The lowest BCUT2D eigenvalue weighted by atomic mass is 10.0. The molecule has 1 atom stereocenters. The number of anilines is 1. The topological polar surface area (TPSA) is 102 Å². The zero-order valence-electron chi connectivity index (χ0n) is 12.4. The van der Waals surface area contributed by atoms with E-state index in [0.717, 1.165) is 25.9 Å². The fourth-order valence-electron chi connectivity index (χ4n) is 2.62. The van der Waals surface area contributed by atoms with Crippen LogP contribution in [0.3, 0.4) is 0 Å². The van der Waals surface area contributed by atoms with E-state index in [1.807, 2.05) is 0 Å². The molecule has 1 aromatic rings. The molecule has 1 aliphatic heterocycles. The predicted octanol–water partition coefficient (Wildman–Crippen LogP) is 1.81. The Morgan fingerprint density at radius 1 is 1.55 bits per heavy atom. The molecule has 22 heavy (non-hydrogen) atoms. The zero-order valence-corrected chi connectivity index (χ0v) is 13.3. The Bertz CT molecular complexity index is 551. The summed E-state index contributed by atoms with van der Waals surface area (Å²) >= 11 is 0. The highest BCUT2D eigenvalue weighted by Crippen LogP contribution is 2.23. The summed E-state index contributed by atoms with van der Waals surface area (Å²) in [6, 6.07) is 4.10.